The fourth-order valence-corrected chi connectivity index (χ4v) is 3.48. The summed E-state index contributed by atoms with van der Waals surface area (Å²) in [5.74, 6) is 0. The fraction of sp³-hybridized carbons (Fsp3) is 0.450. The first-order valence-corrected chi connectivity index (χ1v) is 8.76. The number of aliphatic hydroxyl groups excluding tert-OH is 1. The highest BCUT2D eigenvalue weighted by Gasteiger charge is 2.28. The van der Waals surface area contributed by atoms with Crippen LogP contribution >= 0.6 is 0 Å². The smallest absolute Gasteiger partial charge is 0.0917 e. The van der Waals surface area contributed by atoms with E-state index in [2.05, 4.69) is 34.7 Å². The minimum absolute atomic E-state index is 0.377. The number of benzene rings is 1. The van der Waals surface area contributed by atoms with E-state index in [1.807, 2.05) is 48.8 Å². The molecule has 3 rings (SSSR count). The predicted molar refractivity (Wildman–Crippen MR) is 96.7 cm³/mol. The molecule has 1 aliphatic heterocycles. The van der Waals surface area contributed by atoms with E-state index in [0.29, 0.717) is 18.6 Å². The maximum Gasteiger partial charge on any atom is 0.0917 e. The van der Waals surface area contributed by atoms with Crippen molar-refractivity contribution in [1.82, 2.24) is 14.8 Å². The number of rotatable bonds is 5. The third-order valence-electron chi connectivity index (χ3n) is 5.10. The number of aromatic nitrogens is 1. The predicted octanol–water partition coefficient (Wildman–Crippen LogP) is 2.88. The van der Waals surface area contributed by atoms with E-state index in [1.54, 1.807) is 0 Å². The molecule has 0 bridgehead atoms. The second-order valence-electron chi connectivity index (χ2n) is 6.73. The highest BCUT2D eigenvalue weighted by atomic mass is 16.3. The highest BCUT2D eigenvalue weighted by molar-refractivity contribution is 5.18. The van der Waals surface area contributed by atoms with Gasteiger partial charge in [-0.2, -0.15) is 0 Å². The van der Waals surface area contributed by atoms with E-state index in [-0.39, 0.29) is 0 Å². The van der Waals surface area contributed by atoms with Gasteiger partial charge in [-0.05, 0) is 31.0 Å². The van der Waals surface area contributed by atoms with Crippen LogP contribution in [0.1, 0.15) is 37.1 Å². The number of nitrogens with zero attached hydrogens (tertiary/aromatic N) is 3. The summed E-state index contributed by atoms with van der Waals surface area (Å²) in [7, 11) is 0. The zero-order valence-electron chi connectivity index (χ0n) is 14.5. The molecule has 1 aromatic carbocycles. The molecule has 3 atom stereocenters. The van der Waals surface area contributed by atoms with Crippen molar-refractivity contribution < 1.29 is 5.11 Å². The number of hydrogen-bond donors (Lipinski definition) is 1. The van der Waals surface area contributed by atoms with Crippen LogP contribution in [0.25, 0.3) is 0 Å². The molecule has 1 N–H and O–H groups in total. The molecule has 128 valence electrons. The first kappa shape index (κ1) is 17.1. The average Bonchev–Trinajstić information content (AvgIpc) is 2.64. The molecule has 0 aliphatic carbocycles. The van der Waals surface area contributed by atoms with E-state index in [4.69, 9.17) is 0 Å². The number of piperazine rings is 1. The van der Waals surface area contributed by atoms with Gasteiger partial charge >= 0.3 is 0 Å². The van der Waals surface area contributed by atoms with E-state index >= 15 is 0 Å². The van der Waals surface area contributed by atoms with Crippen LogP contribution in [0.2, 0.25) is 0 Å². The number of β-amino-alcohol motifs (C(OH)–C–C–N with tert-alkyl or cyclic N) is 1. The van der Waals surface area contributed by atoms with Crippen LogP contribution in [-0.4, -0.2) is 52.1 Å². The molecule has 0 saturated carbocycles. The molecule has 2 heterocycles. The van der Waals surface area contributed by atoms with Gasteiger partial charge in [0.25, 0.3) is 0 Å². The molecule has 1 aliphatic rings. The summed E-state index contributed by atoms with van der Waals surface area (Å²) in [5, 5.41) is 10.5. The Balaban J connectivity index is 1.57. The summed E-state index contributed by atoms with van der Waals surface area (Å²) in [6.45, 7) is 8.20. The molecule has 0 amide bonds. The first-order chi connectivity index (χ1) is 11.6. The van der Waals surface area contributed by atoms with Crippen molar-refractivity contribution in [1.29, 1.82) is 0 Å². The van der Waals surface area contributed by atoms with Crippen molar-refractivity contribution >= 4 is 0 Å². The molecule has 1 saturated heterocycles. The second kappa shape index (κ2) is 7.88. The summed E-state index contributed by atoms with van der Waals surface area (Å²) < 4.78 is 0. The summed E-state index contributed by atoms with van der Waals surface area (Å²) in [4.78, 5) is 9.14. The average molecular weight is 325 g/mol. The van der Waals surface area contributed by atoms with E-state index in [9.17, 15) is 5.11 Å². The molecule has 0 unspecified atom stereocenters. The van der Waals surface area contributed by atoms with E-state index < -0.39 is 6.10 Å². The molecule has 4 nitrogen and oxygen atoms in total. The Morgan fingerprint density at radius 2 is 1.88 bits per heavy atom. The topological polar surface area (TPSA) is 39.6 Å². The summed E-state index contributed by atoms with van der Waals surface area (Å²) >= 11 is 0. The maximum absolute atomic E-state index is 10.5. The van der Waals surface area contributed by atoms with Crippen LogP contribution in [0.4, 0.5) is 0 Å². The zero-order valence-corrected chi connectivity index (χ0v) is 14.5. The van der Waals surface area contributed by atoms with Crippen molar-refractivity contribution in [2.75, 3.05) is 26.2 Å². The lowest BCUT2D eigenvalue weighted by Gasteiger charge is -2.43. The number of hydrogen-bond acceptors (Lipinski definition) is 4. The van der Waals surface area contributed by atoms with Gasteiger partial charge in [0.05, 0.1) is 6.10 Å². The van der Waals surface area contributed by atoms with Gasteiger partial charge in [-0.25, -0.2) is 0 Å². The molecular formula is C20H27N3O. The number of aliphatic hydroxyl groups is 1. The van der Waals surface area contributed by atoms with Gasteiger partial charge in [0.2, 0.25) is 0 Å². The van der Waals surface area contributed by atoms with E-state index in [1.165, 1.54) is 5.56 Å². The Bertz CT molecular complexity index is 619. The molecule has 4 heteroatoms. The summed E-state index contributed by atoms with van der Waals surface area (Å²) in [6.07, 6.45) is 3.36. The fourth-order valence-electron chi connectivity index (χ4n) is 3.48. The Morgan fingerprint density at radius 1 is 1.12 bits per heavy atom. The summed E-state index contributed by atoms with van der Waals surface area (Å²) in [6, 6.07) is 14.9. The molecule has 1 fully saturated rings. The van der Waals surface area contributed by atoms with Crippen molar-refractivity contribution in [3.05, 3.63) is 66.0 Å². The molecule has 24 heavy (non-hydrogen) atoms. The third-order valence-corrected chi connectivity index (χ3v) is 5.10. The second-order valence-corrected chi connectivity index (χ2v) is 6.73. The Kier molecular flexibility index (Phi) is 5.61. The van der Waals surface area contributed by atoms with Gasteiger partial charge in [0, 0.05) is 50.7 Å². The SMILES string of the molecule is C[C@@H]1CN([C@@H](C)c2cccnc2)CCN1C[C@H](O)c1ccccc1. The Hall–Kier alpha value is -1.75. The molecule has 0 radical (unpaired) electrons. The standard InChI is InChI=1S/C20H27N3O/c1-16-14-23(17(2)19-9-6-10-21-13-19)12-11-22(16)15-20(24)18-7-4-3-5-8-18/h3-10,13,16-17,20,24H,11-12,14-15H2,1-2H3/t16-,17+,20+/m1/s1. The van der Waals surface area contributed by atoms with E-state index in [0.717, 1.165) is 25.2 Å². The minimum Gasteiger partial charge on any atom is -0.387 e. The minimum atomic E-state index is -0.420. The molecule has 0 spiro atoms. The first-order valence-electron chi connectivity index (χ1n) is 8.76. The van der Waals surface area contributed by atoms with Gasteiger partial charge in [-0.3, -0.25) is 14.8 Å². The van der Waals surface area contributed by atoms with Crippen LogP contribution in [0, 0.1) is 0 Å². The van der Waals surface area contributed by atoms with Gasteiger partial charge in [-0.15, -0.1) is 0 Å². The molecular weight excluding hydrogens is 298 g/mol. The quantitative estimate of drug-likeness (QED) is 0.917. The lowest BCUT2D eigenvalue weighted by Crippen LogP contribution is -2.53. The lowest BCUT2D eigenvalue weighted by atomic mass is 10.0. The van der Waals surface area contributed by atoms with Crippen molar-refractivity contribution in [3.63, 3.8) is 0 Å². The van der Waals surface area contributed by atoms with Gasteiger partial charge < -0.3 is 5.11 Å². The highest BCUT2D eigenvalue weighted by Crippen LogP contribution is 2.24. The van der Waals surface area contributed by atoms with Crippen molar-refractivity contribution in [3.8, 4) is 0 Å². The maximum atomic E-state index is 10.5. The van der Waals surface area contributed by atoms with Crippen LogP contribution < -0.4 is 0 Å². The summed E-state index contributed by atoms with van der Waals surface area (Å²) in [5.41, 5.74) is 2.26. The molecule has 1 aromatic heterocycles. The monoisotopic (exact) mass is 325 g/mol. The largest absolute Gasteiger partial charge is 0.387 e. The third kappa shape index (κ3) is 4.01. The van der Waals surface area contributed by atoms with Crippen LogP contribution in [0.3, 0.4) is 0 Å². The van der Waals surface area contributed by atoms with Gasteiger partial charge in [0.1, 0.15) is 0 Å². The Labute approximate surface area is 144 Å². The number of pyridine rings is 1. The zero-order chi connectivity index (χ0) is 16.9. The van der Waals surface area contributed by atoms with Crippen LogP contribution in [-0.2, 0) is 0 Å². The lowest BCUT2D eigenvalue weighted by molar-refractivity contribution is 0.0252. The van der Waals surface area contributed by atoms with Gasteiger partial charge in [-0.1, -0.05) is 36.4 Å². The normalized spacial score (nSPS) is 22.2. The van der Waals surface area contributed by atoms with Crippen molar-refractivity contribution in [2.24, 2.45) is 0 Å². The Morgan fingerprint density at radius 3 is 2.54 bits per heavy atom. The van der Waals surface area contributed by atoms with Crippen LogP contribution in [0.5, 0.6) is 0 Å². The molecule has 2 aromatic rings. The van der Waals surface area contributed by atoms with Crippen molar-refractivity contribution in [2.45, 2.75) is 32.0 Å². The van der Waals surface area contributed by atoms with Crippen LogP contribution in [0.15, 0.2) is 54.9 Å². The van der Waals surface area contributed by atoms with Gasteiger partial charge in [0.15, 0.2) is 0 Å².